The van der Waals surface area contributed by atoms with E-state index in [-0.39, 0.29) is 22.9 Å². The fourth-order valence-corrected chi connectivity index (χ4v) is 2.10. The molecule has 9 heteroatoms. The van der Waals surface area contributed by atoms with E-state index in [1.165, 1.54) is 18.4 Å². The molecule has 146 valence electrons. The van der Waals surface area contributed by atoms with Gasteiger partial charge >= 0.3 is 5.97 Å². The second kappa shape index (κ2) is 14.0. The van der Waals surface area contributed by atoms with Gasteiger partial charge in [0.25, 0.3) is 0 Å². The van der Waals surface area contributed by atoms with Crippen LogP contribution in [0.15, 0.2) is 12.1 Å². The van der Waals surface area contributed by atoms with Crippen LogP contribution in [0.1, 0.15) is 36.7 Å². The molecule has 0 saturated heterocycles. The van der Waals surface area contributed by atoms with E-state index >= 15 is 0 Å². The van der Waals surface area contributed by atoms with Crippen LogP contribution in [0.2, 0.25) is 5.02 Å². The number of anilines is 1. The zero-order valence-electron chi connectivity index (χ0n) is 16.2. The zero-order chi connectivity index (χ0) is 20.2. The number of nitrogens with one attached hydrogen (secondary N) is 1. The number of ether oxygens (including phenoxy) is 1. The monoisotopic (exact) mass is 395 g/mol. The van der Waals surface area contributed by atoms with E-state index < -0.39 is 17.0 Å². The summed E-state index contributed by atoms with van der Waals surface area (Å²) >= 11 is 6.04. The highest BCUT2D eigenvalue weighted by Gasteiger charge is 2.18. The van der Waals surface area contributed by atoms with Crippen LogP contribution in [0.4, 0.5) is 5.69 Å². The topological polar surface area (TPSA) is 82.1 Å². The van der Waals surface area contributed by atoms with Crippen LogP contribution in [0, 0.1) is 6.92 Å². The summed E-state index contributed by atoms with van der Waals surface area (Å²) in [5.74, 6) is -0.528. The van der Waals surface area contributed by atoms with Crippen molar-refractivity contribution in [2.24, 2.45) is 0 Å². The molecule has 1 aromatic rings. The minimum absolute atomic E-state index is 0.176. The molecular formula is C16H30ClN3O4S. The quantitative estimate of drug-likeness (QED) is 0.589. The Morgan fingerprint density at radius 2 is 1.84 bits per heavy atom. The highest BCUT2D eigenvalue weighted by Crippen LogP contribution is 2.30. The van der Waals surface area contributed by atoms with Gasteiger partial charge in [0.15, 0.2) is 0 Å². The molecule has 0 heterocycles. The van der Waals surface area contributed by atoms with E-state index in [1.807, 2.05) is 40.0 Å². The van der Waals surface area contributed by atoms with Gasteiger partial charge in [-0.05, 0) is 38.6 Å². The molecule has 1 unspecified atom stereocenters. The predicted octanol–water partition coefficient (Wildman–Crippen LogP) is 3.02. The van der Waals surface area contributed by atoms with E-state index in [2.05, 4.69) is 5.43 Å². The first-order valence-electron chi connectivity index (χ1n) is 7.80. The lowest BCUT2D eigenvalue weighted by Gasteiger charge is -2.17. The SMILES string of the molecule is CC.CCOC(=O)c1ccc(N(O)S(C)=O)c(C)c1Cl.CNN(C)C. The molecule has 1 rings (SSSR count). The van der Waals surface area contributed by atoms with Crippen molar-refractivity contribution in [3.05, 3.63) is 28.3 Å². The summed E-state index contributed by atoms with van der Waals surface area (Å²) in [6.45, 7) is 7.57. The van der Waals surface area contributed by atoms with E-state index in [0.717, 1.165) is 0 Å². The van der Waals surface area contributed by atoms with Crippen LogP contribution in [0.3, 0.4) is 0 Å². The third kappa shape index (κ3) is 9.18. The van der Waals surface area contributed by atoms with Gasteiger partial charge in [-0.3, -0.25) is 15.6 Å². The van der Waals surface area contributed by atoms with Gasteiger partial charge in [0.05, 0.1) is 22.9 Å². The molecule has 1 aromatic carbocycles. The van der Waals surface area contributed by atoms with E-state index in [1.54, 1.807) is 13.8 Å². The summed E-state index contributed by atoms with van der Waals surface area (Å²) in [7, 11) is 4.18. The number of esters is 1. The van der Waals surface area contributed by atoms with Crippen LogP contribution < -0.4 is 9.89 Å². The first kappa shape index (κ1) is 26.0. The third-order valence-electron chi connectivity index (χ3n) is 2.75. The van der Waals surface area contributed by atoms with Gasteiger partial charge in [0.2, 0.25) is 0 Å². The van der Waals surface area contributed by atoms with Crippen LogP contribution >= 0.6 is 11.6 Å². The number of hydrogen-bond donors (Lipinski definition) is 2. The van der Waals surface area contributed by atoms with Gasteiger partial charge in [-0.2, -0.15) is 4.47 Å². The van der Waals surface area contributed by atoms with Gasteiger partial charge in [-0.15, -0.1) is 0 Å². The molecule has 0 aliphatic heterocycles. The summed E-state index contributed by atoms with van der Waals surface area (Å²) in [4.78, 5) is 11.6. The molecule has 0 aromatic heterocycles. The highest BCUT2D eigenvalue weighted by atomic mass is 35.5. The number of hydrogen-bond acceptors (Lipinski definition) is 6. The molecule has 0 aliphatic carbocycles. The maximum atomic E-state index is 11.6. The Bertz CT molecular complexity index is 556. The zero-order valence-corrected chi connectivity index (χ0v) is 17.8. The van der Waals surface area contributed by atoms with Crippen LogP contribution in [0.5, 0.6) is 0 Å². The lowest BCUT2D eigenvalue weighted by Crippen LogP contribution is -2.25. The minimum Gasteiger partial charge on any atom is -0.462 e. The molecule has 25 heavy (non-hydrogen) atoms. The molecule has 0 bridgehead atoms. The average Bonchev–Trinajstić information content (AvgIpc) is 2.59. The molecule has 0 radical (unpaired) electrons. The number of rotatable bonds is 5. The van der Waals surface area contributed by atoms with E-state index in [9.17, 15) is 14.2 Å². The molecule has 1 atom stereocenters. The Hall–Kier alpha value is -1.19. The fraction of sp³-hybridized carbons (Fsp3) is 0.562. The maximum absolute atomic E-state index is 11.6. The van der Waals surface area contributed by atoms with Crippen molar-refractivity contribution in [1.29, 1.82) is 0 Å². The van der Waals surface area contributed by atoms with Crippen molar-refractivity contribution in [2.45, 2.75) is 27.7 Å². The molecule has 0 amide bonds. The Labute approximate surface area is 158 Å². The smallest absolute Gasteiger partial charge is 0.339 e. The van der Waals surface area contributed by atoms with Gasteiger partial charge in [-0.1, -0.05) is 25.4 Å². The second-order valence-corrected chi connectivity index (χ2v) is 6.18. The van der Waals surface area contributed by atoms with Crippen molar-refractivity contribution in [2.75, 3.05) is 38.5 Å². The first-order chi connectivity index (χ1) is 11.7. The molecule has 0 saturated carbocycles. The highest BCUT2D eigenvalue weighted by molar-refractivity contribution is 7.85. The number of benzene rings is 1. The third-order valence-corrected chi connectivity index (χ3v) is 3.92. The average molecular weight is 396 g/mol. The van der Waals surface area contributed by atoms with Crippen molar-refractivity contribution in [3.63, 3.8) is 0 Å². The number of halogens is 1. The van der Waals surface area contributed by atoms with E-state index in [0.29, 0.717) is 10.0 Å². The Kier molecular flexibility index (Phi) is 14.6. The van der Waals surface area contributed by atoms with Crippen LogP contribution in [0.25, 0.3) is 0 Å². The van der Waals surface area contributed by atoms with Crippen LogP contribution in [-0.4, -0.2) is 54.4 Å². The molecular weight excluding hydrogens is 366 g/mol. The van der Waals surface area contributed by atoms with Crippen molar-refractivity contribution in [1.82, 2.24) is 10.4 Å². The number of carbonyl (C=O) groups is 1. The number of nitrogens with zero attached hydrogens (tertiary/aromatic N) is 2. The lowest BCUT2D eigenvalue weighted by atomic mass is 10.1. The summed E-state index contributed by atoms with van der Waals surface area (Å²) in [6, 6.07) is 2.90. The minimum atomic E-state index is -1.59. The summed E-state index contributed by atoms with van der Waals surface area (Å²) < 4.78 is 16.6. The number of hydrazine groups is 1. The Morgan fingerprint density at radius 3 is 2.20 bits per heavy atom. The van der Waals surface area contributed by atoms with Crippen molar-refractivity contribution >= 4 is 34.2 Å². The largest absolute Gasteiger partial charge is 0.462 e. The molecule has 0 spiro atoms. The standard InChI is InChI=1S/C11H14ClNO4S.C3H10N2.C2H6/c1-4-17-11(14)8-5-6-9(7(2)10(8)12)13(15)18(3)16;1-4-5(2)3;1-2/h5-6,15H,4H2,1-3H3;4H,1-3H3;1-2H3. The van der Waals surface area contributed by atoms with Gasteiger partial charge in [-0.25, -0.2) is 9.00 Å². The van der Waals surface area contributed by atoms with Crippen molar-refractivity contribution < 1.29 is 18.9 Å². The second-order valence-electron chi connectivity index (χ2n) is 4.61. The molecule has 7 nitrogen and oxygen atoms in total. The predicted molar refractivity (Wildman–Crippen MR) is 105 cm³/mol. The molecule has 0 aliphatic rings. The van der Waals surface area contributed by atoms with Crippen LogP contribution in [-0.2, 0) is 15.7 Å². The Balaban J connectivity index is 0. The number of carbonyl (C=O) groups excluding carboxylic acids is 1. The summed E-state index contributed by atoms with van der Waals surface area (Å²) in [5.41, 5.74) is 3.82. The van der Waals surface area contributed by atoms with Crippen molar-refractivity contribution in [3.8, 4) is 0 Å². The van der Waals surface area contributed by atoms with Gasteiger partial charge in [0.1, 0.15) is 11.0 Å². The van der Waals surface area contributed by atoms with Gasteiger partial charge < -0.3 is 4.74 Å². The molecule has 0 fully saturated rings. The normalized spacial score (nSPS) is 10.8. The summed E-state index contributed by atoms with van der Waals surface area (Å²) in [5, 5.41) is 11.6. The lowest BCUT2D eigenvalue weighted by molar-refractivity contribution is 0.0526. The maximum Gasteiger partial charge on any atom is 0.339 e. The fourth-order valence-electron chi connectivity index (χ4n) is 1.39. The molecule has 2 N–H and O–H groups in total. The summed E-state index contributed by atoms with van der Waals surface area (Å²) in [6.07, 6.45) is 1.33. The Morgan fingerprint density at radius 1 is 1.36 bits per heavy atom. The van der Waals surface area contributed by atoms with Gasteiger partial charge in [0, 0.05) is 20.4 Å². The van der Waals surface area contributed by atoms with E-state index in [4.69, 9.17) is 16.3 Å². The first-order valence-corrected chi connectivity index (χ1v) is 9.70.